The number of imide groups is 1. The van der Waals surface area contributed by atoms with Crippen LogP contribution in [0, 0.1) is 0 Å². The Hall–Kier alpha value is -5.42. The second-order valence-corrected chi connectivity index (χ2v) is 12.8. The Kier molecular flexibility index (Phi) is 9.31. The van der Waals surface area contributed by atoms with Crippen molar-refractivity contribution in [2.75, 3.05) is 30.0 Å². The van der Waals surface area contributed by atoms with E-state index in [-0.39, 0.29) is 36.8 Å². The van der Waals surface area contributed by atoms with Gasteiger partial charge in [-0.3, -0.25) is 24.1 Å². The molecule has 4 aromatic carbocycles. The van der Waals surface area contributed by atoms with Crippen molar-refractivity contribution in [3.8, 4) is 0 Å². The van der Waals surface area contributed by atoms with Crippen molar-refractivity contribution in [2.24, 2.45) is 0 Å². The second-order valence-electron chi connectivity index (χ2n) is 11.4. The molecule has 244 valence electrons. The normalized spacial score (nSPS) is 16.4. The van der Waals surface area contributed by atoms with Crippen LogP contribution in [-0.2, 0) is 23.9 Å². The molecule has 10 nitrogen and oxygen atoms in total. The lowest BCUT2D eigenvalue weighted by molar-refractivity contribution is -0.153. The molecule has 0 aromatic heterocycles. The first-order valence-electron chi connectivity index (χ1n) is 15.7. The van der Waals surface area contributed by atoms with E-state index in [2.05, 4.69) is 41.7 Å². The lowest BCUT2D eigenvalue weighted by atomic mass is 9.84. The molecule has 2 saturated heterocycles. The van der Waals surface area contributed by atoms with Gasteiger partial charge in [0.1, 0.15) is 5.37 Å². The van der Waals surface area contributed by atoms with E-state index in [1.165, 1.54) is 21.8 Å². The fraction of sp³-hybridized carbons (Fsp3) is 0.216. The Balaban J connectivity index is 1.37. The van der Waals surface area contributed by atoms with Gasteiger partial charge in [-0.25, -0.2) is 14.8 Å². The molecule has 4 aromatic rings. The highest BCUT2D eigenvalue weighted by Gasteiger charge is 2.49. The zero-order valence-electron chi connectivity index (χ0n) is 26.6. The molecule has 0 spiro atoms. The minimum Gasteiger partial charge on any atom is -0.333 e. The topological polar surface area (TPSA) is 110 Å². The van der Waals surface area contributed by atoms with E-state index in [9.17, 15) is 24.0 Å². The van der Waals surface area contributed by atoms with E-state index in [4.69, 9.17) is 0 Å². The highest BCUT2D eigenvalue weighted by molar-refractivity contribution is 8.01. The first-order valence-corrected chi connectivity index (χ1v) is 16.6. The van der Waals surface area contributed by atoms with E-state index in [1.54, 1.807) is 43.0 Å². The van der Waals surface area contributed by atoms with Crippen LogP contribution in [0.3, 0.4) is 0 Å². The van der Waals surface area contributed by atoms with Crippen molar-refractivity contribution in [3.63, 3.8) is 0 Å². The van der Waals surface area contributed by atoms with Gasteiger partial charge in [0.25, 0.3) is 0 Å². The zero-order chi connectivity index (χ0) is 33.8. The summed E-state index contributed by atoms with van der Waals surface area (Å²) in [5.74, 6) is -2.37. The Morgan fingerprint density at radius 1 is 0.771 bits per heavy atom. The summed E-state index contributed by atoms with van der Waals surface area (Å²) in [6.45, 7) is 3.74. The monoisotopic (exact) mass is 661 g/mol. The Labute approximate surface area is 283 Å². The molecule has 0 radical (unpaired) electrons. The number of nitrogens with one attached hydrogen (secondary N) is 1. The van der Waals surface area contributed by atoms with Crippen molar-refractivity contribution in [1.29, 1.82) is 0 Å². The number of thioether (sulfide) groups is 1. The molecule has 1 atom stereocenters. The maximum absolute atomic E-state index is 13.5. The van der Waals surface area contributed by atoms with Gasteiger partial charge in [0.2, 0.25) is 11.8 Å². The molecule has 48 heavy (non-hydrogen) atoms. The Morgan fingerprint density at radius 3 is 1.79 bits per heavy atom. The highest BCUT2D eigenvalue weighted by Crippen LogP contribution is 2.53. The van der Waals surface area contributed by atoms with Gasteiger partial charge < -0.3 is 10.2 Å². The largest absolute Gasteiger partial charge is 0.333 e. The molecular weight excluding hydrogens is 627 g/mol. The van der Waals surface area contributed by atoms with Gasteiger partial charge in [-0.15, -0.1) is 11.8 Å². The standard InChI is InChI=1S/C37H35N5O5S/c1-3-39-23-24-40(35(46)34(39)45)36(47)38-30-21-13-14-22-31(30)41(26(2)43)42-32(44)25-33(42)48-37(27-15-7-4-8-16-27,28-17-9-5-10-18-28)29-19-11-6-12-20-29/h4-22,33H,3,23-25H2,1-2H3,(H,38,47)/t33-/m1/s1. The number of anilines is 2. The number of hydrogen-bond donors (Lipinski definition) is 1. The van der Waals surface area contributed by atoms with Gasteiger partial charge in [0, 0.05) is 26.6 Å². The summed E-state index contributed by atoms with van der Waals surface area (Å²) in [5.41, 5.74) is 3.50. The minimum atomic E-state index is -0.921. The van der Waals surface area contributed by atoms with Crippen LogP contribution in [-0.4, -0.2) is 69.5 Å². The molecule has 2 aliphatic heterocycles. The third-order valence-corrected chi connectivity index (χ3v) is 10.3. The van der Waals surface area contributed by atoms with Crippen molar-refractivity contribution in [3.05, 3.63) is 132 Å². The number of hydrogen-bond acceptors (Lipinski definition) is 6. The van der Waals surface area contributed by atoms with Gasteiger partial charge in [0.15, 0.2) is 0 Å². The fourth-order valence-electron chi connectivity index (χ4n) is 6.19. The minimum absolute atomic E-state index is 0.0344. The molecule has 0 aliphatic carbocycles. The predicted octanol–water partition coefficient (Wildman–Crippen LogP) is 5.46. The van der Waals surface area contributed by atoms with Gasteiger partial charge >= 0.3 is 17.8 Å². The smallest absolute Gasteiger partial charge is 0.329 e. The maximum Gasteiger partial charge on any atom is 0.329 e. The molecular formula is C37H35N5O5S. The number of likely N-dealkylation sites (N-methyl/N-ethyl adjacent to an activating group) is 1. The molecule has 6 amide bonds. The van der Waals surface area contributed by atoms with Crippen molar-refractivity contribution >= 4 is 52.8 Å². The number of amides is 6. The number of rotatable bonds is 9. The summed E-state index contributed by atoms with van der Waals surface area (Å²) >= 11 is 1.56. The number of para-hydroxylation sites is 2. The predicted molar refractivity (Wildman–Crippen MR) is 185 cm³/mol. The molecule has 0 unspecified atom stereocenters. The number of hydrazine groups is 1. The number of carbonyl (C=O) groups is 5. The Bertz CT molecular complexity index is 1740. The third-order valence-electron chi connectivity index (χ3n) is 8.55. The molecule has 6 rings (SSSR count). The summed E-state index contributed by atoms with van der Waals surface area (Å²) in [7, 11) is 0. The highest BCUT2D eigenvalue weighted by atomic mass is 32.2. The van der Waals surface area contributed by atoms with Gasteiger partial charge in [0.05, 0.1) is 22.5 Å². The lowest BCUT2D eigenvalue weighted by Crippen LogP contribution is -2.62. The molecule has 2 heterocycles. The van der Waals surface area contributed by atoms with Crippen molar-refractivity contribution in [1.82, 2.24) is 14.8 Å². The first-order chi connectivity index (χ1) is 23.3. The quantitative estimate of drug-likeness (QED) is 0.145. The van der Waals surface area contributed by atoms with Crippen LogP contribution in [0.4, 0.5) is 16.2 Å². The Morgan fingerprint density at radius 2 is 1.29 bits per heavy atom. The third kappa shape index (κ3) is 5.93. The lowest BCUT2D eigenvalue weighted by Gasteiger charge is -2.50. The molecule has 0 bridgehead atoms. The number of urea groups is 1. The molecule has 0 saturated carbocycles. The molecule has 11 heteroatoms. The van der Waals surface area contributed by atoms with Gasteiger partial charge in [-0.05, 0) is 35.7 Å². The summed E-state index contributed by atoms with van der Waals surface area (Å²) in [4.78, 5) is 67.8. The second kappa shape index (κ2) is 13.7. The molecule has 2 aliphatic rings. The number of β-lactam (4-membered cyclic amide) rings is 1. The van der Waals surface area contributed by atoms with Gasteiger partial charge in [-0.2, -0.15) is 0 Å². The van der Waals surface area contributed by atoms with Crippen molar-refractivity contribution < 1.29 is 24.0 Å². The maximum atomic E-state index is 13.5. The summed E-state index contributed by atoms with van der Waals surface area (Å²) in [5, 5.41) is 4.96. The number of carbonyl (C=O) groups excluding carboxylic acids is 5. The summed E-state index contributed by atoms with van der Waals surface area (Å²) < 4.78 is -0.753. The van der Waals surface area contributed by atoms with Crippen LogP contribution in [0.25, 0.3) is 0 Å². The van der Waals surface area contributed by atoms with Gasteiger partial charge in [-0.1, -0.05) is 103 Å². The first kappa shape index (κ1) is 32.5. The average molecular weight is 662 g/mol. The molecule has 1 N–H and O–H groups in total. The van der Waals surface area contributed by atoms with E-state index in [0.717, 1.165) is 21.6 Å². The van der Waals surface area contributed by atoms with E-state index >= 15 is 0 Å². The molecule has 2 fully saturated rings. The SMILES string of the molecule is CCN1CCN(C(=O)Nc2ccccc2N(C(C)=O)N2C(=O)C[C@H]2SC(c2ccccc2)(c2ccccc2)c2ccccc2)C(=O)C1=O. The summed E-state index contributed by atoms with van der Waals surface area (Å²) in [6.07, 6.45) is 0.176. The number of benzene rings is 4. The summed E-state index contributed by atoms with van der Waals surface area (Å²) in [6, 6.07) is 36.0. The number of piperazine rings is 1. The zero-order valence-corrected chi connectivity index (χ0v) is 27.4. The van der Waals surface area contributed by atoms with E-state index in [0.29, 0.717) is 6.54 Å². The van der Waals surface area contributed by atoms with Crippen LogP contribution in [0.2, 0.25) is 0 Å². The average Bonchev–Trinajstić information content (AvgIpc) is 3.11. The van der Waals surface area contributed by atoms with Crippen LogP contribution in [0.15, 0.2) is 115 Å². The number of nitrogens with zero attached hydrogens (tertiary/aromatic N) is 4. The van der Waals surface area contributed by atoms with Crippen LogP contribution in [0.1, 0.15) is 37.0 Å². The van der Waals surface area contributed by atoms with Crippen LogP contribution < -0.4 is 10.3 Å². The van der Waals surface area contributed by atoms with Crippen LogP contribution >= 0.6 is 11.8 Å². The van der Waals surface area contributed by atoms with E-state index < -0.39 is 33.9 Å². The van der Waals surface area contributed by atoms with Crippen molar-refractivity contribution in [2.45, 2.75) is 30.4 Å². The fourth-order valence-corrected chi connectivity index (χ4v) is 7.95. The van der Waals surface area contributed by atoms with E-state index in [1.807, 2.05) is 54.6 Å². The van der Waals surface area contributed by atoms with Crippen LogP contribution in [0.5, 0.6) is 0 Å².